The van der Waals surface area contributed by atoms with Gasteiger partial charge in [-0.2, -0.15) is 5.10 Å². The number of fused-ring (bicyclic) bond motifs is 4. The second-order valence-corrected chi connectivity index (χ2v) is 6.87. The van der Waals surface area contributed by atoms with Crippen LogP contribution >= 0.6 is 0 Å². The van der Waals surface area contributed by atoms with E-state index in [-0.39, 0.29) is 11.5 Å². The van der Waals surface area contributed by atoms with E-state index >= 15 is 0 Å². The minimum absolute atomic E-state index is 0.0844. The number of aryl methyl sites for hydroxylation is 1. The van der Waals surface area contributed by atoms with Gasteiger partial charge in [0.2, 0.25) is 5.91 Å². The van der Waals surface area contributed by atoms with Crippen molar-refractivity contribution in [3.05, 3.63) is 52.7 Å². The van der Waals surface area contributed by atoms with Crippen LogP contribution in [-0.2, 0) is 17.9 Å². The zero-order chi connectivity index (χ0) is 16.5. The van der Waals surface area contributed by atoms with E-state index in [1.54, 1.807) is 12.3 Å². The Bertz CT molecular complexity index is 781. The summed E-state index contributed by atoms with van der Waals surface area (Å²) in [7, 11) is 0. The molecule has 2 aromatic rings. The molecule has 1 fully saturated rings. The van der Waals surface area contributed by atoms with E-state index in [4.69, 9.17) is 0 Å². The highest BCUT2D eigenvalue weighted by molar-refractivity contribution is 5.76. The van der Waals surface area contributed by atoms with Crippen molar-refractivity contribution in [3.63, 3.8) is 0 Å². The van der Waals surface area contributed by atoms with Crippen molar-refractivity contribution in [2.75, 3.05) is 13.1 Å². The summed E-state index contributed by atoms with van der Waals surface area (Å²) in [6.45, 7) is 3.03. The monoisotopic (exact) mass is 326 g/mol. The molecule has 2 aliphatic rings. The number of aromatic nitrogens is 3. The number of likely N-dealkylation sites (tertiary alicyclic amines) is 1. The van der Waals surface area contributed by atoms with E-state index in [2.05, 4.69) is 5.10 Å². The topological polar surface area (TPSA) is 60.1 Å². The molecular weight excluding hydrogens is 304 g/mol. The third-order valence-electron chi connectivity index (χ3n) is 5.17. The summed E-state index contributed by atoms with van der Waals surface area (Å²) in [6.07, 6.45) is 6.13. The lowest BCUT2D eigenvalue weighted by Gasteiger charge is -2.42. The van der Waals surface area contributed by atoms with Gasteiger partial charge in [0.25, 0.3) is 5.56 Å². The highest BCUT2D eigenvalue weighted by Crippen LogP contribution is 2.35. The van der Waals surface area contributed by atoms with Gasteiger partial charge in [-0.1, -0.05) is 6.07 Å². The summed E-state index contributed by atoms with van der Waals surface area (Å²) in [5.74, 6) is 0.913. The van der Waals surface area contributed by atoms with Crippen LogP contribution in [0.2, 0.25) is 0 Å². The maximum atomic E-state index is 12.6. The largest absolute Gasteiger partial charge is 0.342 e. The number of rotatable bonds is 4. The molecule has 24 heavy (non-hydrogen) atoms. The van der Waals surface area contributed by atoms with Crippen LogP contribution in [0.3, 0.4) is 0 Å². The van der Waals surface area contributed by atoms with Crippen molar-refractivity contribution in [2.24, 2.45) is 5.92 Å². The summed E-state index contributed by atoms with van der Waals surface area (Å²) in [5, 5.41) is 4.16. The van der Waals surface area contributed by atoms with Crippen LogP contribution in [-0.4, -0.2) is 38.2 Å². The Labute approximate surface area is 140 Å². The first-order valence-corrected chi connectivity index (χ1v) is 8.65. The highest BCUT2D eigenvalue weighted by Gasteiger charge is 2.35. The molecule has 126 valence electrons. The number of carbonyl (C=O) groups excluding carboxylic acids is 1. The Kier molecular flexibility index (Phi) is 3.96. The Balaban J connectivity index is 1.40. The van der Waals surface area contributed by atoms with E-state index < -0.39 is 0 Å². The van der Waals surface area contributed by atoms with E-state index in [1.807, 2.05) is 38.5 Å². The fraction of sp³-hybridized carbons (Fsp3) is 0.500. The molecule has 6 nitrogen and oxygen atoms in total. The lowest BCUT2D eigenvalue weighted by atomic mass is 9.83. The molecular formula is C18H22N4O2. The molecule has 0 spiro atoms. The standard InChI is InChI=1S/C18H22N4O2/c23-17(6-2-8-21-9-3-7-19-21)20-11-14-10-15(13-20)16-4-1-5-18(24)22(16)12-14/h1,3-5,7,9,14-15H,2,6,8,10-13H2/t14-,15+/m1/s1. The molecule has 0 radical (unpaired) electrons. The smallest absolute Gasteiger partial charge is 0.250 e. The van der Waals surface area contributed by atoms with Crippen LogP contribution in [0.4, 0.5) is 0 Å². The van der Waals surface area contributed by atoms with Crippen molar-refractivity contribution < 1.29 is 4.79 Å². The highest BCUT2D eigenvalue weighted by atomic mass is 16.2. The molecule has 6 heteroatoms. The van der Waals surface area contributed by atoms with Crippen molar-refractivity contribution in [1.29, 1.82) is 0 Å². The van der Waals surface area contributed by atoms with E-state index in [9.17, 15) is 9.59 Å². The molecule has 0 N–H and O–H groups in total. The minimum atomic E-state index is 0.0844. The first kappa shape index (κ1) is 15.2. The summed E-state index contributed by atoms with van der Waals surface area (Å²) in [4.78, 5) is 26.6. The molecule has 0 saturated carbocycles. The predicted octanol–water partition coefficient (Wildman–Crippen LogP) is 1.47. The molecule has 2 aromatic heterocycles. The normalized spacial score (nSPS) is 22.2. The second-order valence-electron chi connectivity index (χ2n) is 6.87. The summed E-state index contributed by atoms with van der Waals surface area (Å²) < 4.78 is 3.76. The Hall–Kier alpha value is -2.37. The Morgan fingerprint density at radius 1 is 1.21 bits per heavy atom. The van der Waals surface area contributed by atoms with Crippen molar-refractivity contribution in [1.82, 2.24) is 19.2 Å². The molecule has 0 aromatic carbocycles. The molecule has 1 saturated heterocycles. The van der Waals surface area contributed by atoms with Crippen LogP contribution in [0.15, 0.2) is 41.5 Å². The van der Waals surface area contributed by atoms with Crippen molar-refractivity contribution in [2.45, 2.75) is 38.3 Å². The third kappa shape index (κ3) is 2.88. The second kappa shape index (κ2) is 6.26. The average Bonchev–Trinajstić information content (AvgIpc) is 3.09. The minimum Gasteiger partial charge on any atom is -0.342 e. The maximum Gasteiger partial charge on any atom is 0.250 e. The van der Waals surface area contributed by atoms with Crippen molar-refractivity contribution >= 4 is 5.91 Å². The van der Waals surface area contributed by atoms with Crippen LogP contribution < -0.4 is 5.56 Å². The molecule has 4 heterocycles. The fourth-order valence-electron chi connectivity index (χ4n) is 4.08. The van der Waals surface area contributed by atoms with Gasteiger partial charge in [0.1, 0.15) is 0 Å². The number of piperidine rings is 1. The van der Waals surface area contributed by atoms with Gasteiger partial charge < -0.3 is 9.47 Å². The van der Waals surface area contributed by atoms with Crippen LogP contribution in [0.5, 0.6) is 0 Å². The Morgan fingerprint density at radius 2 is 2.12 bits per heavy atom. The van der Waals surface area contributed by atoms with Crippen LogP contribution in [0, 0.1) is 5.92 Å². The quantitative estimate of drug-likeness (QED) is 0.855. The third-order valence-corrected chi connectivity index (χ3v) is 5.17. The number of amides is 1. The zero-order valence-electron chi connectivity index (χ0n) is 13.7. The predicted molar refractivity (Wildman–Crippen MR) is 89.6 cm³/mol. The number of nitrogens with zero attached hydrogens (tertiary/aromatic N) is 4. The zero-order valence-corrected chi connectivity index (χ0v) is 13.7. The number of pyridine rings is 1. The van der Waals surface area contributed by atoms with Crippen LogP contribution in [0.1, 0.15) is 30.9 Å². The molecule has 2 bridgehead atoms. The molecule has 2 atom stereocenters. The summed E-state index contributed by atoms with van der Waals surface area (Å²) in [5.41, 5.74) is 1.17. The van der Waals surface area contributed by atoms with Crippen LogP contribution in [0.25, 0.3) is 0 Å². The molecule has 0 aliphatic carbocycles. The lowest BCUT2D eigenvalue weighted by molar-refractivity contribution is -0.134. The lowest BCUT2D eigenvalue weighted by Crippen LogP contribution is -2.49. The van der Waals surface area contributed by atoms with Gasteiger partial charge in [-0.05, 0) is 30.9 Å². The van der Waals surface area contributed by atoms with Gasteiger partial charge in [-0.15, -0.1) is 0 Å². The van der Waals surface area contributed by atoms with Crippen molar-refractivity contribution in [3.8, 4) is 0 Å². The van der Waals surface area contributed by atoms with Gasteiger partial charge >= 0.3 is 0 Å². The Morgan fingerprint density at radius 3 is 2.96 bits per heavy atom. The maximum absolute atomic E-state index is 12.6. The number of hydrogen-bond donors (Lipinski definition) is 0. The van der Waals surface area contributed by atoms with E-state index in [0.717, 1.165) is 44.7 Å². The van der Waals surface area contributed by atoms with Gasteiger partial charge in [0, 0.05) is 62.7 Å². The average molecular weight is 326 g/mol. The fourth-order valence-corrected chi connectivity index (χ4v) is 4.08. The summed E-state index contributed by atoms with van der Waals surface area (Å²) >= 11 is 0. The molecule has 4 rings (SSSR count). The van der Waals surface area contributed by atoms with Gasteiger partial charge in [0.05, 0.1) is 0 Å². The summed E-state index contributed by atoms with van der Waals surface area (Å²) in [6, 6.07) is 7.39. The SMILES string of the molecule is O=C(CCCn1cccn1)N1C[C@H]2C[C@@H](C1)c1cccc(=O)n1C2. The molecule has 2 aliphatic heterocycles. The number of carbonyl (C=O) groups is 1. The molecule has 1 amide bonds. The van der Waals surface area contributed by atoms with Gasteiger partial charge in [-0.3, -0.25) is 14.3 Å². The number of hydrogen-bond acceptors (Lipinski definition) is 3. The molecule has 0 unspecified atom stereocenters. The van der Waals surface area contributed by atoms with Gasteiger partial charge in [-0.25, -0.2) is 0 Å². The first-order valence-electron chi connectivity index (χ1n) is 8.65. The van der Waals surface area contributed by atoms with E-state index in [1.165, 1.54) is 0 Å². The van der Waals surface area contributed by atoms with E-state index in [0.29, 0.717) is 18.3 Å². The first-order chi connectivity index (χ1) is 11.7. The van der Waals surface area contributed by atoms with Gasteiger partial charge in [0.15, 0.2) is 0 Å².